The van der Waals surface area contributed by atoms with Gasteiger partial charge in [0.05, 0.1) is 11.1 Å². The standard InChI is InChI=1S/C15H13Br3ClN/c1-2-20-15(9-3-6-14(19)13(18)7-9)11-8-10(16)4-5-12(11)17/h3-8,15,20H,2H2,1H3. The highest BCUT2D eigenvalue weighted by Crippen LogP contribution is 2.33. The van der Waals surface area contributed by atoms with Crippen LogP contribution in [0.5, 0.6) is 0 Å². The van der Waals surface area contributed by atoms with Crippen molar-refractivity contribution in [2.24, 2.45) is 0 Å². The number of hydrogen-bond donors (Lipinski definition) is 1. The van der Waals surface area contributed by atoms with Gasteiger partial charge in [0.2, 0.25) is 0 Å². The first-order valence-electron chi connectivity index (χ1n) is 6.16. The molecule has 0 aliphatic heterocycles. The minimum atomic E-state index is 0.112. The second-order valence-electron chi connectivity index (χ2n) is 4.33. The Morgan fingerprint density at radius 2 is 1.80 bits per heavy atom. The third-order valence-corrected chi connectivity index (χ3v) is 5.38. The van der Waals surface area contributed by atoms with E-state index in [0.29, 0.717) is 0 Å². The Kier molecular flexibility index (Phi) is 6.11. The van der Waals surface area contributed by atoms with Crippen LogP contribution in [0.1, 0.15) is 24.1 Å². The van der Waals surface area contributed by atoms with Gasteiger partial charge in [0, 0.05) is 13.4 Å². The molecule has 0 fully saturated rings. The van der Waals surface area contributed by atoms with Gasteiger partial charge in [-0.25, -0.2) is 0 Å². The molecule has 2 rings (SSSR count). The molecule has 0 amide bonds. The summed E-state index contributed by atoms with van der Waals surface area (Å²) in [5, 5.41) is 4.23. The minimum absolute atomic E-state index is 0.112. The van der Waals surface area contributed by atoms with E-state index in [9.17, 15) is 0 Å². The van der Waals surface area contributed by atoms with Crippen molar-refractivity contribution in [3.05, 3.63) is 66.0 Å². The lowest BCUT2D eigenvalue weighted by atomic mass is 9.99. The number of nitrogens with one attached hydrogen (secondary N) is 1. The first-order chi connectivity index (χ1) is 9.52. The van der Waals surface area contributed by atoms with Gasteiger partial charge < -0.3 is 5.32 Å². The van der Waals surface area contributed by atoms with E-state index in [4.69, 9.17) is 11.6 Å². The normalized spacial score (nSPS) is 12.4. The van der Waals surface area contributed by atoms with Gasteiger partial charge in [0.1, 0.15) is 0 Å². The first kappa shape index (κ1) is 16.5. The van der Waals surface area contributed by atoms with Crippen LogP contribution in [-0.4, -0.2) is 6.54 Å². The van der Waals surface area contributed by atoms with Gasteiger partial charge in [-0.15, -0.1) is 0 Å². The summed E-state index contributed by atoms with van der Waals surface area (Å²) in [5.41, 5.74) is 2.36. The molecule has 0 aromatic heterocycles. The van der Waals surface area contributed by atoms with Gasteiger partial charge >= 0.3 is 0 Å². The summed E-state index contributed by atoms with van der Waals surface area (Å²) in [6, 6.07) is 12.3. The van der Waals surface area contributed by atoms with Crippen molar-refractivity contribution in [1.82, 2.24) is 5.32 Å². The SMILES string of the molecule is CCNC(c1ccc(Cl)c(Br)c1)c1cc(Br)ccc1Br. The molecule has 1 atom stereocenters. The van der Waals surface area contributed by atoms with Crippen molar-refractivity contribution in [1.29, 1.82) is 0 Å². The van der Waals surface area contributed by atoms with Crippen molar-refractivity contribution < 1.29 is 0 Å². The Morgan fingerprint density at radius 3 is 2.45 bits per heavy atom. The van der Waals surface area contributed by atoms with E-state index in [1.807, 2.05) is 18.2 Å². The molecule has 2 aromatic rings. The summed E-state index contributed by atoms with van der Waals surface area (Å²) >= 11 is 16.7. The number of benzene rings is 2. The molecule has 0 bridgehead atoms. The smallest absolute Gasteiger partial charge is 0.0588 e. The zero-order chi connectivity index (χ0) is 14.7. The van der Waals surface area contributed by atoms with Gasteiger partial charge in [0.25, 0.3) is 0 Å². The average Bonchev–Trinajstić information content (AvgIpc) is 2.42. The average molecular weight is 482 g/mol. The molecular weight excluding hydrogens is 469 g/mol. The molecule has 0 saturated carbocycles. The summed E-state index contributed by atoms with van der Waals surface area (Å²) in [6.07, 6.45) is 0. The zero-order valence-electron chi connectivity index (χ0n) is 10.8. The maximum atomic E-state index is 6.08. The predicted octanol–water partition coefficient (Wildman–Crippen LogP) is 6.33. The summed E-state index contributed by atoms with van der Waals surface area (Å²) in [4.78, 5) is 0. The van der Waals surface area contributed by atoms with Crippen molar-refractivity contribution in [2.75, 3.05) is 6.54 Å². The van der Waals surface area contributed by atoms with Crippen LogP contribution in [0.4, 0.5) is 0 Å². The quantitative estimate of drug-likeness (QED) is 0.538. The fourth-order valence-corrected chi connectivity index (χ4v) is 3.41. The van der Waals surface area contributed by atoms with E-state index >= 15 is 0 Å². The van der Waals surface area contributed by atoms with Crippen molar-refractivity contribution in [2.45, 2.75) is 13.0 Å². The molecule has 0 heterocycles. The van der Waals surface area contributed by atoms with Crippen LogP contribution in [0.2, 0.25) is 5.02 Å². The molecular formula is C15H13Br3ClN. The molecule has 0 radical (unpaired) electrons. The Bertz CT molecular complexity index is 616. The lowest BCUT2D eigenvalue weighted by Gasteiger charge is -2.21. The van der Waals surface area contributed by atoms with Gasteiger partial charge in [0.15, 0.2) is 0 Å². The molecule has 0 aliphatic carbocycles. The molecule has 0 spiro atoms. The highest BCUT2D eigenvalue weighted by molar-refractivity contribution is 9.11. The third-order valence-electron chi connectivity index (χ3n) is 2.95. The van der Waals surface area contributed by atoms with Crippen molar-refractivity contribution >= 4 is 59.4 Å². The van der Waals surface area contributed by atoms with E-state index in [1.165, 1.54) is 11.1 Å². The molecule has 1 nitrogen and oxygen atoms in total. The van der Waals surface area contributed by atoms with Crippen LogP contribution in [0.25, 0.3) is 0 Å². The summed E-state index contributed by atoms with van der Waals surface area (Å²) < 4.78 is 3.05. The highest BCUT2D eigenvalue weighted by atomic mass is 79.9. The van der Waals surface area contributed by atoms with Crippen LogP contribution in [0, 0.1) is 0 Å². The Morgan fingerprint density at radius 1 is 1.05 bits per heavy atom. The van der Waals surface area contributed by atoms with Gasteiger partial charge in [-0.2, -0.15) is 0 Å². The van der Waals surface area contributed by atoms with Crippen molar-refractivity contribution in [3.63, 3.8) is 0 Å². The van der Waals surface area contributed by atoms with Crippen LogP contribution in [0.3, 0.4) is 0 Å². The Hall–Kier alpha value is 0.130. The van der Waals surface area contributed by atoms with E-state index in [2.05, 4.69) is 78.2 Å². The van der Waals surface area contributed by atoms with Crippen LogP contribution >= 0.6 is 59.4 Å². The predicted molar refractivity (Wildman–Crippen MR) is 96.5 cm³/mol. The van der Waals surface area contributed by atoms with Crippen LogP contribution in [0.15, 0.2) is 49.8 Å². The molecule has 1 unspecified atom stereocenters. The van der Waals surface area contributed by atoms with E-state index in [1.54, 1.807) is 0 Å². The molecule has 5 heteroatoms. The topological polar surface area (TPSA) is 12.0 Å². The molecule has 106 valence electrons. The van der Waals surface area contributed by atoms with Crippen LogP contribution < -0.4 is 5.32 Å². The largest absolute Gasteiger partial charge is 0.306 e. The fourth-order valence-electron chi connectivity index (χ4n) is 2.04. The Balaban J connectivity index is 2.49. The molecule has 0 aliphatic rings. The first-order valence-corrected chi connectivity index (χ1v) is 8.92. The molecule has 2 aromatic carbocycles. The van der Waals surface area contributed by atoms with Gasteiger partial charge in [-0.1, -0.05) is 56.5 Å². The lowest BCUT2D eigenvalue weighted by molar-refractivity contribution is 0.628. The maximum Gasteiger partial charge on any atom is 0.0588 e. The number of rotatable bonds is 4. The van der Waals surface area contributed by atoms with Gasteiger partial charge in [-0.05, 0) is 63.9 Å². The number of hydrogen-bond acceptors (Lipinski definition) is 1. The van der Waals surface area contributed by atoms with Crippen molar-refractivity contribution in [3.8, 4) is 0 Å². The highest BCUT2D eigenvalue weighted by Gasteiger charge is 2.17. The molecule has 0 saturated heterocycles. The molecule has 20 heavy (non-hydrogen) atoms. The molecule has 1 N–H and O–H groups in total. The second-order valence-corrected chi connectivity index (χ2v) is 7.36. The zero-order valence-corrected chi connectivity index (χ0v) is 16.3. The monoisotopic (exact) mass is 479 g/mol. The van der Waals surface area contributed by atoms with Gasteiger partial charge in [-0.3, -0.25) is 0 Å². The third kappa shape index (κ3) is 3.86. The summed E-state index contributed by atoms with van der Waals surface area (Å²) in [7, 11) is 0. The second kappa shape index (κ2) is 7.41. The van der Waals surface area contributed by atoms with E-state index in [0.717, 1.165) is 25.0 Å². The Labute approximate surface area is 149 Å². The van der Waals surface area contributed by atoms with E-state index in [-0.39, 0.29) is 6.04 Å². The maximum absolute atomic E-state index is 6.08. The lowest BCUT2D eigenvalue weighted by Crippen LogP contribution is -2.22. The van der Waals surface area contributed by atoms with E-state index < -0.39 is 0 Å². The number of halogens is 4. The summed E-state index contributed by atoms with van der Waals surface area (Å²) in [6.45, 7) is 2.98. The summed E-state index contributed by atoms with van der Waals surface area (Å²) in [5.74, 6) is 0. The van der Waals surface area contributed by atoms with Crippen LogP contribution in [-0.2, 0) is 0 Å². The fraction of sp³-hybridized carbons (Fsp3) is 0.200. The minimum Gasteiger partial charge on any atom is -0.306 e.